The van der Waals surface area contributed by atoms with Gasteiger partial charge in [0.25, 0.3) is 0 Å². The van der Waals surface area contributed by atoms with Crippen LogP contribution in [0.15, 0.2) is 18.2 Å². The number of anilines is 1. The number of hydrogen-bond donors (Lipinski definition) is 1. The van der Waals surface area contributed by atoms with E-state index in [-0.39, 0.29) is 16.7 Å². The Labute approximate surface area is 119 Å². The minimum atomic E-state index is -0.358. The molecule has 1 aromatic rings. The molecule has 5 nitrogen and oxygen atoms in total. The monoisotopic (exact) mass is 278 g/mol. The molecular formula is C15H22N2O3. The van der Waals surface area contributed by atoms with Crippen LogP contribution in [0.3, 0.4) is 0 Å². The molecule has 0 spiro atoms. The SMILES string of the molecule is CC(C)Oc1cccc(NC2CCCCC2)c1[N+](=O)[O-]. The molecule has 0 aliphatic heterocycles. The van der Waals surface area contributed by atoms with Crippen molar-refractivity contribution in [1.29, 1.82) is 0 Å². The number of rotatable bonds is 5. The highest BCUT2D eigenvalue weighted by atomic mass is 16.6. The summed E-state index contributed by atoms with van der Waals surface area (Å²) < 4.78 is 5.55. The summed E-state index contributed by atoms with van der Waals surface area (Å²) in [5, 5.41) is 14.7. The van der Waals surface area contributed by atoms with Gasteiger partial charge in [0.2, 0.25) is 0 Å². The maximum atomic E-state index is 11.4. The lowest BCUT2D eigenvalue weighted by Gasteiger charge is -2.24. The smallest absolute Gasteiger partial charge is 0.333 e. The Balaban J connectivity index is 2.24. The van der Waals surface area contributed by atoms with Gasteiger partial charge in [-0.1, -0.05) is 25.3 Å². The number of nitrogens with zero attached hydrogens (tertiary/aromatic N) is 1. The molecule has 1 N–H and O–H groups in total. The lowest BCUT2D eigenvalue weighted by molar-refractivity contribution is -0.385. The van der Waals surface area contributed by atoms with Gasteiger partial charge in [0, 0.05) is 6.04 Å². The van der Waals surface area contributed by atoms with Crippen molar-refractivity contribution in [2.24, 2.45) is 0 Å². The predicted octanol–water partition coefficient (Wildman–Crippen LogP) is 4.13. The zero-order valence-corrected chi connectivity index (χ0v) is 12.1. The Bertz CT molecular complexity index is 468. The Kier molecular flexibility index (Phi) is 4.82. The summed E-state index contributed by atoms with van der Waals surface area (Å²) in [6, 6.07) is 5.55. The molecule has 1 aromatic carbocycles. The molecule has 1 aliphatic rings. The molecule has 0 saturated heterocycles. The standard InChI is InChI=1S/C15H22N2O3/c1-11(2)20-14-10-6-9-13(15(14)17(18)19)16-12-7-4-3-5-8-12/h6,9-12,16H,3-5,7-8H2,1-2H3. The van der Waals surface area contributed by atoms with Crippen LogP contribution in [0.5, 0.6) is 5.75 Å². The van der Waals surface area contributed by atoms with Crippen LogP contribution in [0, 0.1) is 10.1 Å². The van der Waals surface area contributed by atoms with E-state index in [1.807, 2.05) is 13.8 Å². The van der Waals surface area contributed by atoms with Crippen LogP contribution in [-0.2, 0) is 0 Å². The van der Waals surface area contributed by atoms with Crippen molar-refractivity contribution in [3.8, 4) is 5.75 Å². The third-order valence-electron chi connectivity index (χ3n) is 3.51. The maximum Gasteiger partial charge on any atom is 0.333 e. The van der Waals surface area contributed by atoms with Crippen molar-refractivity contribution < 1.29 is 9.66 Å². The first-order valence-corrected chi connectivity index (χ1v) is 7.28. The summed E-state index contributed by atoms with van der Waals surface area (Å²) in [5.74, 6) is 0.339. The molecule has 0 radical (unpaired) electrons. The van der Waals surface area contributed by atoms with Crippen LogP contribution < -0.4 is 10.1 Å². The quantitative estimate of drug-likeness (QED) is 0.649. The van der Waals surface area contributed by atoms with E-state index in [0.717, 1.165) is 12.8 Å². The van der Waals surface area contributed by atoms with E-state index in [0.29, 0.717) is 17.5 Å². The fourth-order valence-corrected chi connectivity index (χ4v) is 2.64. The summed E-state index contributed by atoms with van der Waals surface area (Å²) in [6.45, 7) is 3.73. The van der Waals surface area contributed by atoms with Crippen molar-refractivity contribution in [2.45, 2.75) is 58.1 Å². The number of ether oxygens (including phenoxy) is 1. The van der Waals surface area contributed by atoms with E-state index < -0.39 is 0 Å². The fourth-order valence-electron chi connectivity index (χ4n) is 2.64. The Morgan fingerprint density at radius 3 is 2.60 bits per heavy atom. The van der Waals surface area contributed by atoms with Crippen LogP contribution >= 0.6 is 0 Å². The minimum Gasteiger partial charge on any atom is -0.484 e. The molecule has 0 heterocycles. The molecule has 1 aliphatic carbocycles. The predicted molar refractivity (Wildman–Crippen MR) is 79.4 cm³/mol. The van der Waals surface area contributed by atoms with E-state index in [1.165, 1.54) is 19.3 Å². The first-order chi connectivity index (χ1) is 9.58. The lowest BCUT2D eigenvalue weighted by Crippen LogP contribution is -2.23. The van der Waals surface area contributed by atoms with Gasteiger partial charge in [0.15, 0.2) is 5.75 Å². The third-order valence-corrected chi connectivity index (χ3v) is 3.51. The summed E-state index contributed by atoms with van der Waals surface area (Å²) in [7, 11) is 0. The number of nitro benzene ring substituents is 1. The normalized spacial score (nSPS) is 16.1. The van der Waals surface area contributed by atoms with Gasteiger partial charge in [-0.15, -0.1) is 0 Å². The average molecular weight is 278 g/mol. The number of nitro groups is 1. The molecule has 5 heteroatoms. The van der Waals surface area contributed by atoms with Crippen molar-refractivity contribution >= 4 is 11.4 Å². The van der Waals surface area contributed by atoms with Crippen LogP contribution in [0.2, 0.25) is 0 Å². The van der Waals surface area contributed by atoms with E-state index in [1.54, 1.807) is 18.2 Å². The van der Waals surface area contributed by atoms with Crippen LogP contribution in [0.1, 0.15) is 46.0 Å². The van der Waals surface area contributed by atoms with Gasteiger partial charge in [0.05, 0.1) is 11.0 Å². The van der Waals surface area contributed by atoms with Crippen molar-refractivity contribution in [3.63, 3.8) is 0 Å². The van der Waals surface area contributed by atoms with Gasteiger partial charge in [-0.25, -0.2) is 0 Å². The first-order valence-electron chi connectivity index (χ1n) is 7.28. The molecule has 1 saturated carbocycles. The zero-order chi connectivity index (χ0) is 14.5. The first kappa shape index (κ1) is 14.6. The molecule has 1 fully saturated rings. The van der Waals surface area contributed by atoms with Gasteiger partial charge >= 0.3 is 5.69 Å². The molecule has 110 valence electrons. The number of para-hydroxylation sites is 1. The highest BCUT2D eigenvalue weighted by Gasteiger charge is 2.24. The Hall–Kier alpha value is -1.78. The molecular weight excluding hydrogens is 256 g/mol. The molecule has 0 unspecified atom stereocenters. The molecule has 0 bridgehead atoms. The van der Waals surface area contributed by atoms with Crippen LogP contribution in [0.4, 0.5) is 11.4 Å². The second-order valence-electron chi connectivity index (χ2n) is 5.56. The molecule has 0 aromatic heterocycles. The maximum absolute atomic E-state index is 11.4. The Morgan fingerprint density at radius 1 is 1.30 bits per heavy atom. The summed E-state index contributed by atoms with van der Waals surface area (Å²) in [5.41, 5.74) is 0.617. The van der Waals surface area contributed by atoms with E-state index in [9.17, 15) is 10.1 Å². The number of nitrogens with one attached hydrogen (secondary N) is 1. The topological polar surface area (TPSA) is 64.4 Å². The van der Waals surface area contributed by atoms with Crippen LogP contribution in [0.25, 0.3) is 0 Å². The number of benzene rings is 1. The van der Waals surface area contributed by atoms with Crippen molar-refractivity contribution in [2.75, 3.05) is 5.32 Å². The van der Waals surface area contributed by atoms with Crippen LogP contribution in [-0.4, -0.2) is 17.1 Å². The van der Waals surface area contributed by atoms with Gasteiger partial charge in [-0.3, -0.25) is 10.1 Å². The van der Waals surface area contributed by atoms with E-state index in [2.05, 4.69) is 5.32 Å². The van der Waals surface area contributed by atoms with E-state index >= 15 is 0 Å². The largest absolute Gasteiger partial charge is 0.484 e. The Morgan fingerprint density at radius 2 is 2.00 bits per heavy atom. The minimum absolute atomic E-state index is 0.0479. The molecule has 2 rings (SSSR count). The third kappa shape index (κ3) is 3.62. The fraction of sp³-hybridized carbons (Fsp3) is 0.600. The van der Waals surface area contributed by atoms with E-state index in [4.69, 9.17) is 4.74 Å². The van der Waals surface area contributed by atoms with Gasteiger partial charge in [-0.05, 0) is 38.8 Å². The van der Waals surface area contributed by atoms with Gasteiger partial charge in [0.1, 0.15) is 5.69 Å². The zero-order valence-electron chi connectivity index (χ0n) is 12.1. The summed E-state index contributed by atoms with van der Waals surface area (Å²) >= 11 is 0. The second kappa shape index (κ2) is 6.59. The van der Waals surface area contributed by atoms with Gasteiger partial charge in [-0.2, -0.15) is 0 Å². The lowest BCUT2D eigenvalue weighted by atomic mass is 9.95. The van der Waals surface area contributed by atoms with Gasteiger partial charge < -0.3 is 10.1 Å². The van der Waals surface area contributed by atoms with Crippen molar-refractivity contribution in [1.82, 2.24) is 0 Å². The number of hydrogen-bond acceptors (Lipinski definition) is 4. The summed E-state index contributed by atoms with van der Waals surface area (Å²) in [6.07, 6.45) is 5.70. The second-order valence-corrected chi connectivity index (χ2v) is 5.56. The molecule has 0 amide bonds. The average Bonchev–Trinajstić information content (AvgIpc) is 2.39. The highest BCUT2D eigenvalue weighted by molar-refractivity contribution is 5.68. The summed E-state index contributed by atoms with van der Waals surface area (Å²) in [4.78, 5) is 11.0. The molecule has 0 atom stereocenters. The molecule has 20 heavy (non-hydrogen) atoms. The highest BCUT2D eigenvalue weighted by Crippen LogP contribution is 2.36. The van der Waals surface area contributed by atoms with Crippen molar-refractivity contribution in [3.05, 3.63) is 28.3 Å².